The standard InChI is InChI=1S/C13H18N4OS/c1-9-2-4-10(5-3-9)14-8-12(18)16-17-13(19)15-11-6-7-11/h2-5,11,14H,6-8H2,1H3,(H,16,18)(H2,15,17,19). The van der Waals surface area contributed by atoms with Gasteiger partial charge in [0.15, 0.2) is 5.11 Å². The van der Waals surface area contributed by atoms with Crippen LogP contribution >= 0.6 is 12.2 Å². The average Bonchev–Trinajstić information content (AvgIpc) is 3.19. The Bertz CT molecular complexity index is 456. The van der Waals surface area contributed by atoms with Gasteiger partial charge in [-0.05, 0) is 44.1 Å². The van der Waals surface area contributed by atoms with E-state index >= 15 is 0 Å². The highest BCUT2D eigenvalue weighted by Gasteiger charge is 2.21. The number of benzene rings is 1. The van der Waals surface area contributed by atoms with Gasteiger partial charge in [0.1, 0.15) is 0 Å². The minimum atomic E-state index is -0.166. The maximum absolute atomic E-state index is 11.6. The van der Waals surface area contributed by atoms with Crippen LogP contribution in [0.2, 0.25) is 0 Å². The predicted octanol–water partition coefficient (Wildman–Crippen LogP) is 1.06. The molecule has 5 nitrogen and oxygen atoms in total. The second kappa shape index (κ2) is 6.38. The summed E-state index contributed by atoms with van der Waals surface area (Å²) in [6.07, 6.45) is 2.29. The molecule has 0 radical (unpaired) electrons. The maximum Gasteiger partial charge on any atom is 0.257 e. The van der Waals surface area contributed by atoms with Crippen molar-refractivity contribution in [3.05, 3.63) is 29.8 Å². The summed E-state index contributed by atoms with van der Waals surface area (Å²) in [6.45, 7) is 2.22. The van der Waals surface area contributed by atoms with Crippen LogP contribution in [0.4, 0.5) is 5.69 Å². The molecule has 19 heavy (non-hydrogen) atoms. The van der Waals surface area contributed by atoms with Crippen molar-refractivity contribution in [2.75, 3.05) is 11.9 Å². The number of thiocarbonyl (C=S) groups is 1. The Morgan fingerprint density at radius 1 is 1.26 bits per heavy atom. The molecule has 0 aliphatic heterocycles. The van der Waals surface area contributed by atoms with Crippen molar-refractivity contribution in [2.45, 2.75) is 25.8 Å². The molecule has 0 aromatic heterocycles. The van der Waals surface area contributed by atoms with E-state index in [2.05, 4.69) is 21.5 Å². The zero-order valence-electron chi connectivity index (χ0n) is 10.8. The third-order valence-corrected chi connectivity index (χ3v) is 2.95. The summed E-state index contributed by atoms with van der Waals surface area (Å²) in [5.41, 5.74) is 7.33. The Morgan fingerprint density at radius 2 is 1.95 bits per heavy atom. The molecule has 1 aliphatic carbocycles. The minimum absolute atomic E-state index is 0.166. The number of aryl methyl sites for hydroxylation is 1. The first-order chi connectivity index (χ1) is 9.13. The number of hydrogen-bond acceptors (Lipinski definition) is 3. The summed E-state index contributed by atoms with van der Waals surface area (Å²) in [4.78, 5) is 11.6. The lowest BCUT2D eigenvalue weighted by Crippen LogP contribution is -2.48. The van der Waals surface area contributed by atoms with Gasteiger partial charge >= 0.3 is 0 Å². The van der Waals surface area contributed by atoms with Crippen LogP contribution in [0.3, 0.4) is 0 Å². The van der Waals surface area contributed by atoms with Gasteiger partial charge in [0.05, 0.1) is 6.54 Å². The first kappa shape index (κ1) is 13.6. The zero-order valence-corrected chi connectivity index (χ0v) is 11.6. The Balaban J connectivity index is 1.63. The smallest absolute Gasteiger partial charge is 0.257 e. The lowest BCUT2D eigenvalue weighted by atomic mass is 10.2. The summed E-state index contributed by atoms with van der Waals surface area (Å²) in [5.74, 6) is -0.166. The fraction of sp³-hybridized carbons (Fsp3) is 0.385. The molecule has 2 rings (SSSR count). The van der Waals surface area contributed by atoms with Gasteiger partial charge in [-0.3, -0.25) is 15.6 Å². The van der Waals surface area contributed by atoms with Crippen LogP contribution in [0.25, 0.3) is 0 Å². The number of rotatable bonds is 4. The molecule has 1 aromatic carbocycles. The second-order valence-electron chi connectivity index (χ2n) is 4.64. The molecule has 0 unspecified atom stereocenters. The van der Waals surface area contributed by atoms with Gasteiger partial charge < -0.3 is 10.6 Å². The lowest BCUT2D eigenvalue weighted by molar-refractivity contribution is -0.119. The maximum atomic E-state index is 11.6. The Morgan fingerprint density at radius 3 is 2.58 bits per heavy atom. The third-order valence-electron chi connectivity index (χ3n) is 2.73. The molecule has 1 aliphatic rings. The average molecular weight is 278 g/mol. The summed E-state index contributed by atoms with van der Waals surface area (Å²) < 4.78 is 0. The number of nitrogens with one attached hydrogen (secondary N) is 4. The van der Waals surface area contributed by atoms with Crippen LogP contribution in [-0.2, 0) is 4.79 Å². The molecule has 1 aromatic rings. The molecule has 0 atom stereocenters. The van der Waals surface area contributed by atoms with Crippen molar-refractivity contribution in [2.24, 2.45) is 0 Å². The second-order valence-corrected chi connectivity index (χ2v) is 5.05. The molecule has 0 heterocycles. The highest BCUT2D eigenvalue weighted by molar-refractivity contribution is 7.80. The molecular formula is C13H18N4OS. The zero-order chi connectivity index (χ0) is 13.7. The molecule has 0 saturated heterocycles. The van der Waals surface area contributed by atoms with E-state index in [1.165, 1.54) is 5.56 Å². The lowest BCUT2D eigenvalue weighted by Gasteiger charge is -2.11. The van der Waals surface area contributed by atoms with Gasteiger partial charge in [-0.25, -0.2) is 0 Å². The van der Waals surface area contributed by atoms with Gasteiger partial charge in [-0.2, -0.15) is 0 Å². The largest absolute Gasteiger partial charge is 0.376 e. The van der Waals surface area contributed by atoms with E-state index in [9.17, 15) is 4.79 Å². The van der Waals surface area contributed by atoms with E-state index in [1.807, 2.05) is 31.2 Å². The van der Waals surface area contributed by atoms with Crippen LogP contribution in [0.1, 0.15) is 18.4 Å². The first-order valence-corrected chi connectivity index (χ1v) is 6.70. The van der Waals surface area contributed by atoms with Gasteiger partial charge in [0, 0.05) is 11.7 Å². The van der Waals surface area contributed by atoms with Crippen LogP contribution in [0, 0.1) is 6.92 Å². The highest BCUT2D eigenvalue weighted by atomic mass is 32.1. The van der Waals surface area contributed by atoms with Crippen molar-refractivity contribution in [3.63, 3.8) is 0 Å². The molecule has 1 fully saturated rings. The third kappa shape index (κ3) is 5.13. The topological polar surface area (TPSA) is 65.2 Å². The molecule has 1 saturated carbocycles. The number of amides is 1. The van der Waals surface area contributed by atoms with Crippen LogP contribution in [-0.4, -0.2) is 23.6 Å². The van der Waals surface area contributed by atoms with Crippen molar-refractivity contribution < 1.29 is 4.79 Å². The SMILES string of the molecule is Cc1ccc(NCC(=O)NNC(=S)NC2CC2)cc1. The number of hydrogen-bond donors (Lipinski definition) is 4. The van der Waals surface area contributed by atoms with Crippen molar-refractivity contribution in [1.29, 1.82) is 0 Å². The number of carbonyl (C=O) groups is 1. The Kier molecular flexibility index (Phi) is 4.57. The van der Waals surface area contributed by atoms with E-state index in [-0.39, 0.29) is 12.5 Å². The fourth-order valence-corrected chi connectivity index (χ4v) is 1.69. The molecule has 0 spiro atoms. The highest BCUT2D eigenvalue weighted by Crippen LogP contribution is 2.18. The number of carbonyl (C=O) groups excluding carboxylic acids is 1. The van der Waals surface area contributed by atoms with Crippen LogP contribution in [0.15, 0.2) is 24.3 Å². The van der Waals surface area contributed by atoms with E-state index in [0.717, 1.165) is 18.5 Å². The summed E-state index contributed by atoms with van der Waals surface area (Å²) in [6, 6.07) is 8.34. The van der Waals surface area contributed by atoms with Crippen LogP contribution < -0.4 is 21.5 Å². The van der Waals surface area contributed by atoms with E-state index < -0.39 is 0 Å². The summed E-state index contributed by atoms with van der Waals surface area (Å²) in [5, 5.41) is 6.57. The van der Waals surface area contributed by atoms with E-state index in [4.69, 9.17) is 12.2 Å². The molecule has 102 valence electrons. The Hall–Kier alpha value is -1.82. The van der Waals surface area contributed by atoms with Crippen molar-refractivity contribution in [1.82, 2.24) is 16.2 Å². The normalized spacial score (nSPS) is 13.5. The molecule has 4 N–H and O–H groups in total. The van der Waals surface area contributed by atoms with Gasteiger partial charge in [-0.15, -0.1) is 0 Å². The fourth-order valence-electron chi connectivity index (χ4n) is 1.47. The van der Waals surface area contributed by atoms with Crippen molar-refractivity contribution in [3.8, 4) is 0 Å². The minimum Gasteiger partial charge on any atom is -0.376 e. The summed E-state index contributed by atoms with van der Waals surface area (Å²) >= 11 is 5.02. The molecule has 0 bridgehead atoms. The van der Waals surface area contributed by atoms with Crippen LogP contribution in [0.5, 0.6) is 0 Å². The van der Waals surface area contributed by atoms with Crippen molar-refractivity contribution >= 4 is 28.9 Å². The van der Waals surface area contributed by atoms with E-state index in [1.54, 1.807) is 0 Å². The summed E-state index contributed by atoms with van der Waals surface area (Å²) in [7, 11) is 0. The van der Waals surface area contributed by atoms with Gasteiger partial charge in [-0.1, -0.05) is 17.7 Å². The predicted molar refractivity (Wildman–Crippen MR) is 79.7 cm³/mol. The molecule has 1 amide bonds. The first-order valence-electron chi connectivity index (χ1n) is 6.29. The van der Waals surface area contributed by atoms with Gasteiger partial charge in [0.2, 0.25) is 0 Å². The monoisotopic (exact) mass is 278 g/mol. The molecule has 6 heteroatoms. The molecular weight excluding hydrogens is 260 g/mol. The number of anilines is 1. The van der Waals surface area contributed by atoms with E-state index in [0.29, 0.717) is 11.2 Å². The quantitative estimate of drug-likeness (QED) is 0.490. The number of hydrazine groups is 1. The van der Waals surface area contributed by atoms with Gasteiger partial charge in [0.25, 0.3) is 5.91 Å². The Labute approximate surface area is 118 Å².